The first-order valence-electron chi connectivity index (χ1n) is 16.4. The third-order valence-corrected chi connectivity index (χ3v) is 7.77. The third kappa shape index (κ3) is 19.4. The zero-order chi connectivity index (χ0) is 27.5. The minimum atomic E-state index is -0.587. The first kappa shape index (κ1) is 34.4. The van der Waals surface area contributed by atoms with Crippen molar-refractivity contribution in [3.63, 3.8) is 0 Å². The summed E-state index contributed by atoms with van der Waals surface area (Å²) in [5.74, 6) is -0.816. The summed E-state index contributed by atoms with van der Waals surface area (Å²) in [5, 5.41) is 0. The zero-order valence-electron chi connectivity index (χ0n) is 25.2. The van der Waals surface area contributed by atoms with E-state index >= 15 is 0 Å². The van der Waals surface area contributed by atoms with E-state index in [1.165, 1.54) is 109 Å². The molecule has 0 amide bonds. The van der Waals surface area contributed by atoms with Crippen LogP contribution in [0.2, 0.25) is 0 Å². The first-order valence-corrected chi connectivity index (χ1v) is 16.4. The molecular formula is C35H60O3. The van der Waals surface area contributed by atoms with Gasteiger partial charge >= 0.3 is 5.97 Å². The fraction of sp³-hybridized carbons (Fsp3) is 0.771. The van der Waals surface area contributed by atoms with Gasteiger partial charge in [0.2, 0.25) is 0 Å². The summed E-state index contributed by atoms with van der Waals surface area (Å²) in [5.41, 5.74) is 0.969. The van der Waals surface area contributed by atoms with E-state index in [4.69, 9.17) is 4.74 Å². The largest absolute Gasteiger partial charge is 0.460 e. The molecule has 0 N–H and O–H groups in total. The summed E-state index contributed by atoms with van der Waals surface area (Å²) in [7, 11) is 0. The van der Waals surface area contributed by atoms with Crippen LogP contribution in [0.3, 0.4) is 0 Å². The average Bonchev–Trinajstić information content (AvgIpc) is 2.94. The molecule has 1 atom stereocenters. The number of hydrogen-bond donors (Lipinski definition) is 0. The van der Waals surface area contributed by atoms with Crippen LogP contribution in [-0.4, -0.2) is 11.8 Å². The maximum Gasteiger partial charge on any atom is 0.316 e. The molecule has 218 valence electrons. The lowest BCUT2D eigenvalue weighted by Gasteiger charge is -2.15. The SMILES string of the molecule is CCCCCCCCCCCCCC(=O)C(CCCCCCCCCCCC)C(=O)OCc1ccccc1. The molecule has 0 aliphatic heterocycles. The second-order valence-electron chi connectivity index (χ2n) is 11.4. The molecular weight excluding hydrogens is 468 g/mol. The van der Waals surface area contributed by atoms with Crippen molar-refractivity contribution >= 4 is 11.8 Å². The topological polar surface area (TPSA) is 43.4 Å². The van der Waals surface area contributed by atoms with Crippen LogP contribution in [0, 0.1) is 5.92 Å². The van der Waals surface area contributed by atoms with Gasteiger partial charge in [-0.15, -0.1) is 0 Å². The van der Waals surface area contributed by atoms with Gasteiger partial charge in [0, 0.05) is 6.42 Å². The Morgan fingerprint density at radius 1 is 0.579 bits per heavy atom. The molecule has 1 unspecified atom stereocenters. The van der Waals surface area contributed by atoms with Crippen molar-refractivity contribution in [1.82, 2.24) is 0 Å². The molecule has 0 saturated heterocycles. The quantitative estimate of drug-likeness (QED) is 0.0648. The van der Waals surface area contributed by atoms with Crippen LogP contribution in [0.1, 0.15) is 167 Å². The number of carbonyl (C=O) groups is 2. The maximum atomic E-state index is 13.0. The summed E-state index contributed by atoms with van der Waals surface area (Å²) >= 11 is 0. The molecule has 0 aliphatic rings. The number of esters is 1. The molecule has 1 rings (SSSR count). The van der Waals surface area contributed by atoms with Crippen molar-refractivity contribution in [3.05, 3.63) is 35.9 Å². The zero-order valence-corrected chi connectivity index (χ0v) is 25.2. The predicted molar refractivity (Wildman–Crippen MR) is 162 cm³/mol. The molecule has 0 bridgehead atoms. The number of benzene rings is 1. The molecule has 38 heavy (non-hydrogen) atoms. The Balaban J connectivity index is 2.30. The lowest BCUT2D eigenvalue weighted by Crippen LogP contribution is -2.26. The predicted octanol–water partition coefficient (Wildman–Crippen LogP) is 10.9. The molecule has 1 aromatic rings. The smallest absolute Gasteiger partial charge is 0.316 e. The molecule has 3 heteroatoms. The van der Waals surface area contributed by atoms with E-state index < -0.39 is 5.92 Å². The van der Waals surface area contributed by atoms with Crippen LogP contribution < -0.4 is 0 Å². The van der Waals surface area contributed by atoms with Gasteiger partial charge < -0.3 is 4.74 Å². The Labute approximate surface area is 235 Å². The van der Waals surface area contributed by atoms with Gasteiger partial charge in [0.25, 0.3) is 0 Å². The number of carbonyl (C=O) groups excluding carboxylic acids is 2. The summed E-state index contributed by atoms with van der Waals surface area (Å²) in [4.78, 5) is 26.0. The van der Waals surface area contributed by atoms with E-state index in [1.54, 1.807) is 0 Å². The second-order valence-corrected chi connectivity index (χ2v) is 11.4. The molecule has 1 aromatic carbocycles. The van der Waals surface area contributed by atoms with Crippen LogP contribution in [0.25, 0.3) is 0 Å². The van der Waals surface area contributed by atoms with E-state index in [0.29, 0.717) is 12.8 Å². The number of Topliss-reactive ketones (excluding diaryl/α,β-unsaturated/α-hetero) is 1. The Morgan fingerprint density at radius 3 is 1.47 bits per heavy atom. The van der Waals surface area contributed by atoms with Crippen molar-refractivity contribution < 1.29 is 14.3 Å². The Kier molecular flexibility index (Phi) is 23.2. The highest BCUT2D eigenvalue weighted by atomic mass is 16.5. The monoisotopic (exact) mass is 528 g/mol. The summed E-state index contributed by atoms with van der Waals surface area (Å²) < 4.78 is 5.60. The van der Waals surface area contributed by atoms with Gasteiger partial charge in [-0.1, -0.05) is 173 Å². The van der Waals surface area contributed by atoms with E-state index in [0.717, 1.165) is 31.2 Å². The molecule has 0 radical (unpaired) electrons. The average molecular weight is 529 g/mol. The van der Waals surface area contributed by atoms with Gasteiger partial charge in [0.1, 0.15) is 18.3 Å². The van der Waals surface area contributed by atoms with Crippen LogP contribution in [-0.2, 0) is 20.9 Å². The first-order chi connectivity index (χ1) is 18.7. The van der Waals surface area contributed by atoms with E-state index in [9.17, 15) is 9.59 Å². The van der Waals surface area contributed by atoms with Crippen LogP contribution in [0.15, 0.2) is 30.3 Å². The molecule has 0 spiro atoms. The number of hydrogen-bond acceptors (Lipinski definition) is 3. The van der Waals surface area contributed by atoms with Gasteiger partial charge in [0.15, 0.2) is 0 Å². The third-order valence-electron chi connectivity index (χ3n) is 7.77. The normalized spacial score (nSPS) is 11.9. The highest BCUT2D eigenvalue weighted by Crippen LogP contribution is 2.20. The highest BCUT2D eigenvalue weighted by molar-refractivity contribution is 5.98. The number of ether oxygens (including phenoxy) is 1. The number of rotatable bonds is 27. The second kappa shape index (κ2) is 25.6. The van der Waals surface area contributed by atoms with Crippen LogP contribution >= 0.6 is 0 Å². The molecule has 0 aliphatic carbocycles. The van der Waals surface area contributed by atoms with Crippen molar-refractivity contribution in [1.29, 1.82) is 0 Å². The van der Waals surface area contributed by atoms with E-state index in [1.807, 2.05) is 30.3 Å². The maximum absolute atomic E-state index is 13.0. The summed E-state index contributed by atoms with van der Waals surface area (Å²) in [6.07, 6.45) is 27.6. The Bertz CT molecular complexity index is 669. The molecule has 0 saturated carbocycles. The minimum absolute atomic E-state index is 0.0925. The van der Waals surface area contributed by atoms with Gasteiger partial charge in [-0.25, -0.2) is 0 Å². The van der Waals surface area contributed by atoms with Crippen molar-refractivity contribution in [2.24, 2.45) is 5.92 Å². The molecule has 0 aromatic heterocycles. The number of unbranched alkanes of at least 4 members (excludes halogenated alkanes) is 19. The van der Waals surface area contributed by atoms with Crippen molar-refractivity contribution in [2.75, 3.05) is 0 Å². The van der Waals surface area contributed by atoms with Crippen molar-refractivity contribution in [2.45, 2.75) is 168 Å². The lowest BCUT2D eigenvalue weighted by molar-refractivity contribution is -0.153. The fourth-order valence-electron chi connectivity index (χ4n) is 5.21. The van der Waals surface area contributed by atoms with Gasteiger partial charge in [0.05, 0.1) is 0 Å². The molecule has 3 nitrogen and oxygen atoms in total. The minimum Gasteiger partial charge on any atom is -0.460 e. The summed E-state index contributed by atoms with van der Waals surface area (Å²) in [6, 6.07) is 9.76. The standard InChI is InChI=1S/C35H60O3/c1-3-5-7-9-11-13-15-17-19-21-26-30-34(36)33(35(37)38-31-32-27-23-22-24-28-32)29-25-20-18-16-14-12-10-8-6-4-2/h22-24,27-28,33H,3-21,25-26,29-31H2,1-2H3. The van der Waals surface area contributed by atoms with Gasteiger partial charge in [-0.05, 0) is 18.4 Å². The lowest BCUT2D eigenvalue weighted by atomic mass is 9.92. The van der Waals surface area contributed by atoms with Gasteiger partial charge in [-0.2, -0.15) is 0 Å². The van der Waals surface area contributed by atoms with E-state index in [-0.39, 0.29) is 18.4 Å². The van der Waals surface area contributed by atoms with Gasteiger partial charge in [-0.3, -0.25) is 9.59 Å². The van der Waals surface area contributed by atoms with Crippen molar-refractivity contribution in [3.8, 4) is 0 Å². The molecule has 0 heterocycles. The van der Waals surface area contributed by atoms with E-state index in [2.05, 4.69) is 13.8 Å². The highest BCUT2D eigenvalue weighted by Gasteiger charge is 2.27. The van der Waals surface area contributed by atoms with Crippen LogP contribution in [0.4, 0.5) is 0 Å². The molecule has 0 fully saturated rings. The Hall–Kier alpha value is -1.64. The van der Waals surface area contributed by atoms with Crippen LogP contribution in [0.5, 0.6) is 0 Å². The fourth-order valence-corrected chi connectivity index (χ4v) is 5.21. The Morgan fingerprint density at radius 2 is 1.00 bits per heavy atom. The number of ketones is 1. The summed E-state index contributed by atoms with van der Waals surface area (Å²) in [6.45, 7) is 4.77.